The van der Waals surface area contributed by atoms with E-state index in [2.05, 4.69) is 27.6 Å². The molecule has 0 bridgehead atoms. The quantitative estimate of drug-likeness (QED) is 0.875. The fourth-order valence-electron chi connectivity index (χ4n) is 1.88. The summed E-state index contributed by atoms with van der Waals surface area (Å²) in [7, 11) is -3.54. The molecule has 0 aliphatic rings. The Balaban J connectivity index is 2.20. The first-order valence-electron chi connectivity index (χ1n) is 6.38. The third kappa shape index (κ3) is 3.84. The third-order valence-corrected chi connectivity index (χ3v) is 4.72. The van der Waals surface area contributed by atoms with E-state index in [0.29, 0.717) is 5.69 Å². The number of hydrogen-bond acceptors (Lipinski definition) is 2. The van der Waals surface area contributed by atoms with Crippen LogP contribution in [-0.4, -0.2) is 8.42 Å². The first-order chi connectivity index (χ1) is 9.51. The lowest BCUT2D eigenvalue weighted by atomic mass is 10.1. The molecule has 0 saturated heterocycles. The number of nitrogens with one attached hydrogen (secondary N) is 1. The second kappa shape index (κ2) is 6.41. The first kappa shape index (κ1) is 15.1. The van der Waals surface area contributed by atoms with Gasteiger partial charge in [0.25, 0.3) is 10.0 Å². The average Bonchev–Trinajstić information content (AvgIpc) is 2.41. The molecule has 2 aromatic rings. The van der Waals surface area contributed by atoms with Gasteiger partial charge < -0.3 is 0 Å². The van der Waals surface area contributed by atoms with Crippen LogP contribution in [-0.2, 0) is 16.4 Å². The van der Waals surface area contributed by atoms with E-state index in [1.807, 2.05) is 12.1 Å². The molecule has 0 aliphatic carbocycles. The zero-order valence-corrected chi connectivity index (χ0v) is 13.5. The Morgan fingerprint density at radius 1 is 1.10 bits per heavy atom. The van der Waals surface area contributed by atoms with Gasteiger partial charge in [-0.1, -0.05) is 47.5 Å². The topological polar surface area (TPSA) is 46.2 Å². The van der Waals surface area contributed by atoms with Crippen molar-refractivity contribution < 1.29 is 8.42 Å². The molecule has 0 spiro atoms. The Labute approximate surface area is 128 Å². The number of rotatable bonds is 5. The molecule has 20 heavy (non-hydrogen) atoms. The van der Waals surface area contributed by atoms with E-state index in [0.717, 1.165) is 17.3 Å². The number of halogens is 1. The van der Waals surface area contributed by atoms with Gasteiger partial charge in [-0.3, -0.25) is 4.72 Å². The van der Waals surface area contributed by atoms with Gasteiger partial charge in [-0.05, 0) is 42.3 Å². The molecule has 0 aliphatic heterocycles. The highest BCUT2D eigenvalue weighted by atomic mass is 79.9. The van der Waals surface area contributed by atoms with Crippen molar-refractivity contribution >= 4 is 31.6 Å². The number of sulfonamides is 1. The molecular weight excluding hydrogens is 338 g/mol. The largest absolute Gasteiger partial charge is 0.280 e. The lowest BCUT2D eigenvalue weighted by Gasteiger charge is -2.09. The van der Waals surface area contributed by atoms with Crippen molar-refractivity contribution in [2.45, 2.75) is 24.7 Å². The van der Waals surface area contributed by atoms with Gasteiger partial charge in [0.2, 0.25) is 0 Å². The Hall–Kier alpha value is -1.33. The van der Waals surface area contributed by atoms with E-state index in [1.165, 1.54) is 5.56 Å². The predicted octanol–water partition coefficient (Wildman–Crippen LogP) is 4.20. The van der Waals surface area contributed by atoms with E-state index in [9.17, 15) is 8.42 Å². The summed E-state index contributed by atoms with van der Waals surface area (Å²) >= 11 is 3.27. The third-order valence-electron chi connectivity index (χ3n) is 2.85. The van der Waals surface area contributed by atoms with Crippen molar-refractivity contribution in [1.82, 2.24) is 0 Å². The van der Waals surface area contributed by atoms with E-state index in [4.69, 9.17) is 0 Å². The van der Waals surface area contributed by atoms with Gasteiger partial charge in [-0.2, -0.15) is 0 Å². The second-order valence-electron chi connectivity index (χ2n) is 4.51. The highest BCUT2D eigenvalue weighted by molar-refractivity contribution is 9.10. The fraction of sp³-hybridized carbons (Fsp3) is 0.200. The van der Waals surface area contributed by atoms with Crippen LogP contribution in [0.4, 0.5) is 5.69 Å². The van der Waals surface area contributed by atoms with Crippen LogP contribution in [0.3, 0.4) is 0 Å². The lowest BCUT2D eigenvalue weighted by Crippen LogP contribution is -2.12. The summed E-state index contributed by atoms with van der Waals surface area (Å²) in [6, 6.07) is 14.1. The number of hydrogen-bond donors (Lipinski definition) is 1. The van der Waals surface area contributed by atoms with Crippen LogP contribution in [0.5, 0.6) is 0 Å². The van der Waals surface area contributed by atoms with Crippen LogP contribution in [0.15, 0.2) is 57.9 Å². The van der Waals surface area contributed by atoms with Gasteiger partial charge in [0.05, 0.1) is 4.90 Å². The molecule has 0 unspecified atom stereocenters. The molecule has 0 saturated carbocycles. The molecule has 106 valence electrons. The minimum Gasteiger partial charge on any atom is -0.280 e. The number of benzene rings is 2. The highest BCUT2D eigenvalue weighted by Gasteiger charge is 2.14. The Kier molecular flexibility index (Phi) is 4.83. The molecule has 1 N–H and O–H groups in total. The van der Waals surface area contributed by atoms with Gasteiger partial charge in [-0.15, -0.1) is 0 Å². The van der Waals surface area contributed by atoms with Crippen LogP contribution >= 0.6 is 15.9 Å². The van der Waals surface area contributed by atoms with E-state index >= 15 is 0 Å². The van der Waals surface area contributed by atoms with Gasteiger partial charge in [0.15, 0.2) is 0 Å². The van der Waals surface area contributed by atoms with Crippen molar-refractivity contribution in [2.24, 2.45) is 0 Å². The van der Waals surface area contributed by atoms with Gasteiger partial charge in [0, 0.05) is 10.2 Å². The maximum Gasteiger partial charge on any atom is 0.261 e. The second-order valence-corrected chi connectivity index (χ2v) is 7.11. The molecule has 3 nitrogen and oxygen atoms in total. The molecule has 0 amide bonds. The molecule has 5 heteroatoms. The summed E-state index contributed by atoms with van der Waals surface area (Å²) in [5, 5.41) is 0. The van der Waals surface area contributed by atoms with E-state index < -0.39 is 10.0 Å². The van der Waals surface area contributed by atoms with Crippen LogP contribution in [0, 0.1) is 0 Å². The van der Waals surface area contributed by atoms with Crippen molar-refractivity contribution in [2.75, 3.05) is 4.72 Å². The Morgan fingerprint density at radius 2 is 1.80 bits per heavy atom. The normalized spacial score (nSPS) is 11.3. The van der Waals surface area contributed by atoms with Crippen molar-refractivity contribution in [3.8, 4) is 0 Å². The lowest BCUT2D eigenvalue weighted by molar-refractivity contribution is 0.601. The SMILES string of the molecule is CCCc1ccc(NS(=O)(=O)c2cccc(Br)c2)cc1. The maximum atomic E-state index is 12.2. The molecular formula is C15H16BrNO2S. The van der Waals surface area contributed by atoms with Crippen LogP contribution < -0.4 is 4.72 Å². The Bertz CT molecular complexity index is 681. The molecule has 2 rings (SSSR count). The van der Waals surface area contributed by atoms with Crippen LogP contribution in [0.1, 0.15) is 18.9 Å². The zero-order valence-electron chi connectivity index (χ0n) is 11.1. The fourth-order valence-corrected chi connectivity index (χ4v) is 3.53. The van der Waals surface area contributed by atoms with Crippen molar-refractivity contribution in [3.05, 3.63) is 58.6 Å². The molecule has 0 radical (unpaired) electrons. The zero-order chi connectivity index (χ0) is 14.6. The molecule has 0 heterocycles. The summed E-state index contributed by atoms with van der Waals surface area (Å²) in [6.07, 6.45) is 2.07. The van der Waals surface area contributed by atoms with Crippen LogP contribution in [0.2, 0.25) is 0 Å². The predicted molar refractivity (Wildman–Crippen MR) is 85.4 cm³/mol. The summed E-state index contributed by atoms with van der Waals surface area (Å²) in [5.74, 6) is 0. The Morgan fingerprint density at radius 3 is 2.40 bits per heavy atom. The minimum absolute atomic E-state index is 0.240. The standard InChI is InChI=1S/C15H16BrNO2S/c1-2-4-12-7-9-14(10-8-12)17-20(18,19)15-6-3-5-13(16)11-15/h3,5-11,17H,2,4H2,1H3. The van der Waals surface area contributed by atoms with Crippen LogP contribution in [0.25, 0.3) is 0 Å². The van der Waals surface area contributed by atoms with Crippen molar-refractivity contribution in [3.63, 3.8) is 0 Å². The molecule has 0 fully saturated rings. The number of anilines is 1. The van der Waals surface area contributed by atoms with Gasteiger partial charge >= 0.3 is 0 Å². The highest BCUT2D eigenvalue weighted by Crippen LogP contribution is 2.20. The first-order valence-corrected chi connectivity index (χ1v) is 8.66. The van der Waals surface area contributed by atoms with Crippen molar-refractivity contribution in [1.29, 1.82) is 0 Å². The summed E-state index contributed by atoms with van der Waals surface area (Å²) in [4.78, 5) is 0.240. The van der Waals surface area contributed by atoms with E-state index in [-0.39, 0.29) is 4.90 Å². The summed E-state index contributed by atoms with van der Waals surface area (Å²) < 4.78 is 27.8. The van der Waals surface area contributed by atoms with Gasteiger partial charge in [0.1, 0.15) is 0 Å². The molecule has 0 atom stereocenters. The van der Waals surface area contributed by atoms with Gasteiger partial charge in [-0.25, -0.2) is 8.42 Å². The molecule has 0 aromatic heterocycles. The smallest absolute Gasteiger partial charge is 0.261 e. The summed E-state index contributed by atoms with van der Waals surface area (Å²) in [6.45, 7) is 2.11. The van der Waals surface area contributed by atoms with E-state index in [1.54, 1.807) is 36.4 Å². The summed E-state index contributed by atoms with van der Waals surface area (Å²) in [5.41, 5.74) is 1.78. The number of aryl methyl sites for hydroxylation is 1. The average molecular weight is 354 g/mol. The monoisotopic (exact) mass is 353 g/mol. The minimum atomic E-state index is -3.54. The molecule has 2 aromatic carbocycles. The maximum absolute atomic E-state index is 12.2.